The normalized spacial score (nSPS) is 25.8. The summed E-state index contributed by atoms with van der Waals surface area (Å²) in [6, 6.07) is -0.112. The molecule has 0 unspecified atom stereocenters. The van der Waals surface area contributed by atoms with Crippen molar-refractivity contribution in [1.29, 1.82) is 0 Å². The van der Waals surface area contributed by atoms with Gasteiger partial charge >= 0.3 is 0 Å². The molecule has 2 fully saturated rings. The van der Waals surface area contributed by atoms with Crippen LogP contribution in [0.1, 0.15) is 41.1 Å². The number of rotatable bonds is 5. The van der Waals surface area contributed by atoms with Gasteiger partial charge in [-0.05, 0) is 39.0 Å². The molecule has 0 spiro atoms. The summed E-state index contributed by atoms with van der Waals surface area (Å²) in [6.07, 6.45) is 3.38. The van der Waals surface area contributed by atoms with Gasteiger partial charge in [-0.3, -0.25) is 4.79 Å². The Balaban J connectivity index is 1.61. The van der Waals surface area contributed by atoms with Crippen molar-refractivity contribution < 1.29 is 18.8 Å². The molecule has 1 N–H and O–H groups in total. The highest BCUT2D eigenvalue weighted by atomic mass is 16.5. The Morgan fingerprint density at radius 1 is 1.38 bits per heavy atom. The van der Waals surface area contributed by atoms with Crippen molar-refractivity contribution >= 4 is 5.91 Å². The van der Waals surface area contributed by atoms with Crippen LogP contribution in [0, 0.1) is 19.8 Å². The number of hydrogen-bond acceptors (Lipinski definition) is 5. The third-order valence-electron chi connectivity index (χ3n) is 4.11. The third kappa shape index (κ3) is 3.44. The van der Waals surface area contributed by atoms with Crippen molar-refractivity contribution in [3.63, 3.8) is 0 Å². The fourth-order valence-electron chi connectivity index (χ4n) is 2.64. The van der Waals surface area contributed by atoms with Crippen LogP contribution >= 0.6 is 0 Å². The number of nitrogens with one attached hydrogen (secondary N) is 1. The van der Waals surface area contributed by atoms with Crippen molar-refractivity contribution in [2.75, 3.05) is 19.8 Å². The maximum atomic E-state index is 12.4. The summed E-state index contributed by atoms with van der Waals surface area (Å²) in [6.45, 7) is 5.48. The second-order valence-corrected chi connectivity index (χ2v) is 5.96. The van der Waals surface area contributed by atoms with E-state index in [0.29, 0.717) is 36.1 Å². The van der Waals surface area contributed by atoms with Gasteiger partial charge in [-0.15, -0.1) is 0 Å². The topological polar surface area (TPSA) is 73.6 Å². The third-order valence-corrected chi connectivity index (χ3v) is 4.11. The highest BCUT2D eigenvalue weighted by molar-refractivity contribution is 5.96. The summed E-state index contributed by atoms with van der Waals surface area (Å²) >= 11 is 0. The van der Waals surface area contributed by atoms with Gasteiger partial charge in [0, 0.05) is 13.2 Å². The van der Waals surface area contributed by atoms with Crippen LogP contribution in [0.3, 0.4) is 0 Å². The minimum absolute atomic E-state index is 0.0313. The van der Waals surface area contributed by atoms with Crippen LogP contribution < -0.4 is 5.32 Å². The Kier molecular flexibility index (Phi) is 4.26. The minimum atomic E-state index is -0.165. The zero-order chi connectivity index (χ0) is 14.8. The molecule has 0 bridgehead atoms. The van der Waals surface area contributed by atoms with Gasteiger partial charge in [0.1, 0.15) is 11.3 Å². The molecule has 1 aromatic heterocycles. The van der Waals surface area contributed by atoms with Crippen molar-refractivity contribution in [3.8, 4) is 0 Å². The zero-order valence-electron chi connectivity index (χ0n) is 12.6. The highest BCUT2D eigenvalue weighted by Gasteiger charge is 2.31. The van der Waals surface area contributed by atoms with E-state index in [1.807, 2.05) is 0 Å². The van der Waals surface area contributed by atoms with E-state index in [-0.39, 0.29) is 18.1 Å². The van der Waals surface area contributed by atoms with E-state index in [1.54, 1.807) is 13.8 Å². The molecule has 2 atom stereocenters. The lowest BCUT2D eigenvalue weighted by Gasteiger charge is -2.32. The molecule has 2 aliphatic rings. The van der Waals surface area contributed by atoms with Crippen LogP contribution in [0.15, 0.2) is 4.52 Å². The largest absolute Gasteiger partial charge is 0.379 e. The fraction of sp³-hybridized carbons (Fsp3) is 0.733. The lowest BCUT2D eigenvalue weighted by molar-refractivity contribution is -0.0567. The van der Waals surface area contributed by atoms with E-state index < -0.39 is 0 Å². The van der Waals surface area contributed by atoms with Crippen LogP contribution in [-0.2, 0) is 9.47 Å². The molecule has 1 aliphatic carbocycles. The zero-order valence-corrected chi connectivity index (χ0v) is 12.6. The standard InChI is InChI=1S/C15H22N2O4/c1-9-14(10(2)21-17-9)15(18)16-12-8-19-6-5-13(12)20-7-11-3-4-11/h11-13H,3-8H2,1-2H3,(H,16,18)/t12-,13+/m1/s1. The number of carbonyl (C=O) groups excluding carboxylic acids is 1. The van der Waals surface area contributed by atoms with Crippen LogP contribution in [0.25, 0.3) is 0 Å². The average Bonchev–Trinajstić information content (AvgIpc) is 3.23. The van der Waals surface area contributed by atoms with E-state index in [0.717, 1.165) is 13.0 Å². The summed E-state index contributed by atoms with van der Waals surface area (Å²) < 4.78 is 16.5. The van der Waals surface area contributed by atoms with Gasteiger partial charge in [0.2, 0.25) is 0 Å². The Morgan fingerprint density at radius 3 is 2.86 bits per heavy atom. The van der Waals surface area contributed by atoms with E-state index in [2.05, 4.69) is 10.5 Å². The number of carbonyl (C=O) groups is 1. The molecule has 1 amide bonds. The molecular weight excluding hydrogens is 272 g/mol. The quantitative estimate of drug-likeness (QED) is 0.893. The van der Waals surface area contributed by atoms with E-state index >= 15 is 0 Å². The number of aromatic nitrogens is 1. The first-order valence-corrected chi connectivity index (χ1v) is 7.58. The second-order valence-electron chi connectivity index (χ2n) is 5.96. The number of ether oxygens (including phenoxy) is 2. The summed E-state index contributed by atoms with van der Waals surface area (Å²) in [7, 11) is 0. The molecule has 6 nitrogen and oxygen atoms in total. The van der Waals surface area contributed by atoms with Crippen molar-refractivity contribution in [3.05, 3.63) is 17.0 Å². The molecule has 21 heavy (non-hydrogen) atoms. The first-order chi connectivity index (χ1) is 10.1. The minimum Gasteiger partial charge on any atom is -0.379 e. The lowest BCUT2D eigenvalue weighted by atomic mass is 10.1. The molecule has 0 radical (unpaired) electrons. The summed E-state index contributed by atoms with van der Waals surface area (Å²) in [4.78, 5) is 12.4. The van der Waals surface area contributed by atoms with Gasteiger partial charge < -0.3 is 19.3 Å². The molecule has 1 saturated heterocycles. The molecule has 2 heterocycles. The van der Waals surface area contributed by atoms with Gasteiger partial charge in [0.25, 0.3) is 5.91 Å². The molecular formula is C15H22N2O4. The molecule has 1 aliphatic heterocycles. The van der Waals surface area contributed by atoms with Gasteiger partial charge in [-0.25, -0.2) is 0 Å². The summed E-state index contributed by atoms with van der Waals surface area (Å²) in [5.41, 5.74) is 1.12. The Labute approximate surface area is 124 Å². The fourth-order valence-corrected chi connectivity index (χ4v) is 2.64. The molecule has 0 aromatic carbocycles. The van der Waals surface area contributed by atoms with Gasteiger partial charge in [-0.1, -0.05) is 5.16 Å². The summed E-state index contributed by atoms with van der Waals surface area (Å²) in [5, 5.41) is 6.83. The molecule has 6 heteroatoms. The number of nitrogens with zero attached hydrogens (tertiary/aromatic N) is 1. The molecule has 116 valence electrons. The lowest BCUT2D eigenvalue weighted by Crippen LogP contribution is -2.50. The van der Waals surface area contributed by atoms with Crippen molar-refractivity contribution in [2.45, 2.75) is 45.3 Å². The first-order valence-electron chi connectivity index (χ1n) is 7.58. The van der Waals surface area contributed by atoms with E-state index in [9.17, 15) is 4.79 Å². The monoisotopic (exact) mass is 294 g/mol. The Hall–Kier alpha value is -1.40. The Morgan fingerprint density at radius 2 is 2.19 bits per heavy atom. The van der Waals surface area contributed by atoms with Gasteiger partial charge in [-0.2, -0.15) is 0 Å². The number of amides is 1. The van der Waals surface area contributed by atoms with Crippen molar-refractivity contribution in [2.24, 2.45) is 5.92 Å². The van der Waals surface area contributed by atoms with E-state index in [1.165, 1.54) is 12.8 Å². The number of hydrogen-bond donors (Lipinski definition) is 1. The predicted molar refractivity (Wildman–Crippen MR) is 75.1 cm³/mol. The van der Waals surface area contributed by atoms with Gasteiger partial charge in [0.15, 0.2) is 0 Å². The summed E-state index contributed by atoms with van der Waals surface area (Å²) in [5.74, 6) is 1.09. The average molecular weight is 294 g/mol. The Bertz CT molecular complexity index is 490. The molecule has 1 aromatic rings. The second kappa shape index (κ2) is 6.15. The molecule has 1 saturated carbocycles. The predicted octanol–water partition coefficient (Wildman–Crippen LogP) is 1.61. The van der Waals surface area contributed by atoms with Crippen LogP contribution in [0.2, 0.25) is 0 Å². The van der Waals surface area contributed by atoms with Crippen LogP contribution in [0.4, 0.5) is 0 Å². The molecule has 3 rings (SSSR count). The van der Waals surface area contributed by atoms with Crippen LogP contribution in [-0.4, -0.2) is 43.0 Å². The van der Waals surface area contributed by atoms with Gasteiger partial charge in [0.05, 0.1) is 24.4 Å². The van der Waals surface area contributed by atoms with Crippen LogP contribution in [0.5, 0.6) is 0 Å². The smallest absolute Gasteiger partial charge is 0.257 e. The number of aryl methyl sites for hydroxylation is 2. The van der Waals surface area contributed by atoms with Crippen molar-refractivity contribution in [1.82, 2.24) is 10.5 Å². The maximum Gasteiger partial charge on any atom is 0.257 e. The maximum absolute atomic E-state index is 12.4. The van der Waals surface area contributed by atoms with E-state index in [4.69, 9.17) is 14.0 Å². The highest BCUT2D eigenvalue weighted by Crippen LogP contribution is 2.30. The SMILES string of the molecule is Cc1noc(C)c1C(=O)N[C@@H]1COCC[C@@H]1OCC1CC1. The first kappa shape index (κ1) is 14.5.